The second kappa shape index (κ2) is 8.69. The van der Waals surface area contributed by atoms with Gasteiger partial charge < -0.3 is 9.13 Å². The van der Waals surface area contributed by atoms with Gasteiger partial charge in [-0.2, -0.15) is 5.26 Å². The molecule has 4 heteroatoms. The topological polar surface area (TPSA) is 46.5 Å². The third kappa shape index (κ3) is 3.22. The highest BCUT2D eigenvalue weighted by Crippen LogP contribution is 2.42. The minimum atomic E-state index is 0.417. The Morgan fingerprint density at radius 1 is 0.525 bits per heavy atom. The highest BCUT2D eigenvalue weighted by atomic mass is 15.0. The Morgan fingerprint density at radius 2 is 1.25 bits per heavy atom. The van der Waals surface area contributed by atoms with Crippen LogP contribution in [-0.2, 0) is 0 Å². The first-order valence-electron chi connectivity index (χ1n) is 13.3. The summed E-state index contributed by atoms with van der Waals surface area (Å²) in [6, 6.07) is 46.8. The fourth-order valence-corrected chi connectivity index (χ4v) is 6.09. The van der Waals surface area contributed by atoms with E-state index in [1.165, 1.54) is 32.6 Å². The zero-order valence-electron chi connectivity index (χ0n) is 21.5. The van der Waals surface area contributed by atoms with Crippen LogP contribution in [0.15, 0.2) is 134 Å². The maximum Gasteiger partial charge on any atom is 0.140 e. The first kappa shape index (κ1) is 22.3. The second-order valence-corrected chi connectivity index (χ2v) is 9.99. The van der Waals surface area contributed by atoms with Gasteiger partial charge in [0, 0.05) is 44.7 Å². The van der Waals surface area contributed by atoms with Crippen LogP contribution in [-0.4, -0.2) is 14.1 Å². The van der Waals surface area contributed by atoms with Crippen LogP contribution in [0.2, 0.25) is 0 Å². The van der Waals surface area contributed by atoms with Gasteiger partial charge in [0.15, 0.2) is 0 Å². The van der Waals surface area contributed by atoms with E-state index in [2.05, 4.69) is 135 Å². The maximum absolute atomic E-state index is 9.17. The van der Waals surface area contributed by atoms with Gasteiger partial charge in [-0.3, -0.25) is 0 Å². The molecule has 0 atom stereocenters. The number of para-hydroxylation sites is 3. The smallest absolute Gasteiger partial charge is 0.140 e. The zero-order chi connectivity index (χ0) is 26.6. The van der Waals surface area contributed by atoms with E-state index >= 15 is 0 Å². The van der Waals surface area contributed by atoms with Gasteiger partial charge in [-0.05, 0) is 60.2 Å². The van der Waals surface area contributed by atoms with Crippen molar-refractivity contribution in [2.24, 2.45) is 0 Å². The molecule has 0 saturated carbocycles. The van der Waals surface area contributed by atoms with Crippen molar-refractivity contribution in [2.75, 3.05) is 0 Å². The van der Waals surface area contributed by atoms with Crippen LogP contribution in [0.1, 0.15) is 5.69 Å². The molecule has 0 radical (unpaired) electrons. The van der Waals surface area contributed by atoms with Crippen LogP contribution in [0.25, 0.3) is 66.1 Å². The molecule has 0 N–H and O–H groups in total. The van der Waals surface area contributed by atoms with Crippen LogP contribution in [0.5, 0.6) is 0 Å². The molecule has 4 nitrogen and oxygen atoms in total. The molecular formula is C36H22N4. The molecule has 186 valence electrons. The standard InChI is InChI=1S/C36H22N4/c37-22-26-18-17-25(23-38-26)24-9-8-12-28(21-24)39-33-16-7-5-14-31(33)35-34(39)20-19-30-29-13-4-6-15-32(29)40(36(30)35)27-10-2-1-3-11-27/h1-21,23H. The molecule has 40 heavy (non-hydrogen) atoms. The minimum Gasteiger partial charge on any atom is -0.309 e. The fourth-order valence-electron chi connectivity index (χ4n) is 6.09. The summed E-state index contributed by atoms with van der Waals surface area (Å²) in [5.41, 5.74) is 9.40. The molecule has 0 fully saturated rings. The Labute approximate surface area is 230 Å². The van der Waals surface area contributed by atoms with Gasteiger partial charge in [0.2, 0.25) is 0 Å². The predicted molar refractivity (Wildman–Crippen MR) is 163 cm³/mol. The van der Waals surface area contributed by atoms with Crippen molar-refractivity contribution in [1.29, 1.82) is 5.26 Å². The van der Waals surface area contributed by atoms with Crippen LogP contribution in [0.4, 0.5) is 0 Å². The van der Waals surface area contributed by atoms with E-state index in [1.807, 2.05) is 6.07 Å². The Bertz CT molecular complexity index is 2260. The van der Waals surface area contributed by atoms with E-state index in [0.29, 0.717) is 5.69 Å². The lowest BCUT2D eigenvalue weighted by Gasteiger charge is -2.11. The van der Waals surface area contributed by atoms with E-state index in [9.17, 15) is 0 Å². The minimum absolute atomic E-state index is 0.417. The third-order valence-corrected chi connectivity index (χ3v) is 7.80. The molecule has 0 spiro atoms. The molecular weight excluding hydrogens is 488 g/mol. The molecule has 0 aliphatic heterocycles. The van der Waals surface area contributed by atoms with Crippen molar-refractivity contribution in [2.45, 2.75) is 0 Å². The number of pyridine rings is 1. The normalized spacial score (nSPS) is 11.5. The molecule has 0 saturated heterocycles. The van der Waals surface area contributed by atoms with Gasteiger partial charge in [-0.15, -0.1) is 0 Å². The van der Waals surface area contributed by atoms with Crippen LogP contribution in [0.3, 0.4) is 0 Å². The summed E-state index contributed by atoms with van der Waals surface area (Å²) in [6.45, 7) is 0. The molecule has 0 aliphatic rings. The molecule has 5 aromatic carbocycles. The predicted octanol–water partition coefficient (Wildman–Crippen LogP) is 8.81. The van der Waals surface area contributed by atoms with Crippen molar-refractivity contribution in [3.63, 3.8) is 0 Å². The quantitative estimate of drug-likeness (QED) is 0.238. The van der Waals surface area contributed by atoms with Crippen molar-refractivity contribution in [1.82, 2.24) is 14.1 Å². The maximum atomic E-state index is 9.17. The zero-order valence-corrected chi connectivity index (χ0v) is 21.5. The van der Waals surface area contributed by atoms with Crippen molar-refractivity contribution in [3.05, 3.63) is 139 Å². The molecule has 3 heterocycles. The summed E-state index contributed by atoms with van der Waals surface area (Å²) in [5.74, 6) is 0. The summed E-state index contributed by atoms with van der Waals surface area (Å²) in [7, 11) is 0. The largest absolute Gasteiger partial charge is 0.309 e. The van der Waals surface area contributed by atoms with Crippen molar-refractivity contribution >= 4 is 43.6 Å². The number of aromatic nitrogens is 3. The summed E-state index contributed by atoms with van der Waals surface area (Å²) in [5, 5.41) is 14.1. The lowest BCUT2D eigenvalue weighted by atomic mass is 10.1. The van der Waals surface area contributed by atoms with E-state index in [-0.39, 0.29) is 0 Å². The van der Waals surface area contributed by atoms with Crippen LogP contribution < -0.4 is 0 Å². The number of benzene rings is 5. The number of nitrogens with zero attached hydrogens (tertiary/aromatic N) is 4. The van der Waals surface area contributed by atoms with Crippen molar-refractivity contribution in [3.8, 4) is 28.6 Å². The Hall–Kier alpha value is -5.66. The summed E-state index contributed by atoms with van der Waals surface area (Å²) in [4.78, 5) is 4.29. The Balaban J connectivity index is 1.48. The lowest BCUT2D eigenvalue weighted by Crippen LogP contribution is -1.95. The van der Waals surface area contributed by atoms with Gasteiger partial charge >= 0.3 is 0 Å². The number of fused-ring (bicyclic) bond motifs is 7. The van der Waals surface area contributed by atoms with Gasteiger partial charge in [0.25, 0.3) is 0 Å². The number of nitriles is 1. The molecule has 8 aromatic rings. The molecule has 0 unspecified atom stereocenters. The number of hydrogen-bond donors (Lipinski definition) is 0. The lowest BCUT2D eigenvalue weighted by molar-refractivity contribution is 1.17. The van der Waals surface area contributed by atoms with Gasteiger partial charge in [-0.1, -0.05) is 72.8 Å². The first-order chi connectivity index (χ1) is 19.8. The fraction of sp³-hybridized carbons (Fsp3) is 0. The van der Waals surface area contributed by atoms with Crippen molar-refractivity contribution < 1.29 is 0 Å². The molecule has 0 bridgehead atoms. The summed E-state index contributed by atoms with van der Waals surface area (Å²) >= 11 is 0. The van der Waals surface area contributed by atoms with Gasteiger partial charge in [-0.25, -0.2) is 4.98 Å². The average Bonchev–Trinajstić information content (AvgIpc) is 3.54. The van der Waals surface area contributed by atoms with E-state index in [4.69, 9.17) is 5.26 Å². The summed E-state index contributed by atoms with van der Waals surface area (Å²) < 4.78 is 4.76. The summed E-state index contributed by atoms with van der Waals surface area (Å²) in [6.07, 6.45) is 1.77. The SMILES string of the molecule is N#Cc1ccc(-c2cccc(-n3c4ccccc4c4c3ccc3c5ccccc5n(-c5ccccc5)c34)c2)cn1. The third-order valence-electron chi connectivity index (χ3n) is 7.80. The highest BCUT2D eigenvalue weighted by Gasteiger charge is 2.20. The molecule has 3 aromatic heterocycles. The Kier molecular flexibility index (Phi) is 4.85. The molecule has 0 aliphatic carbocycles. The van der Waals surface area contributed by atoms with E-state index in [1.54, 1.807) is 12.3 Å². The van der Waals surface area contributed by atoms with Gasteiger partial charge in [0.05, 0.1) is 22.1 Å². The van der Waals surface area contributed by atoms with E-state index < -0.39 is 0 Å². The van der Waals surface area contributed by atoms with Gasteiger partial charge in [0.1, 0.15) is 11.8 Å². The second-order valence-electron chi connectivity index (χ2n) is 9.99. The Morgan fingerprint density at radius 3 is 2.02 bits per heavy atom. The van der Waals surface area contributed by atoms with E-state index in [0.717, 1.165) is 33.5 Å². The average molecular weight is 511 g/mol. The number of hydrogen-bond acceptors (Lipinski definition) is 2. The van der Waals surface area contributed by atoms with Crippen LogP contribution in [0, 0.1) is 11.3 Å². The monoisotopic (exact) mass is 510 g/mol. The van der Waals surface area contributed by atoms with Crippen LogP contribution >= 0.6 is 0 Å². The molecule has 0 amide bonds. The highest BCUT2D eigenvalue weighted by molar-refractivity contribution is 6.26. The first-order valence-corrected chi connectivity index (χ1v) is 13.3. The molecule has 8 rings (SSSR count). The number of rotatable bonds is 3.